The molecule has 0 spiro atoms. The highest BCUT2D eigenvalue weighted by Crippen LogP contribution is 2.20. The molecular formula is C11H16BrN5O2. The van der Waals surface area contributed by atoms with Gasteiger partial charge in [-0.3, -0.25) is 0 Å². The van der Waals surface area contributed by atoms with E-state index in [1.54, 1.807) is 6.20 Å². The number of rotatable bonds is 2. The predicted molar refractivity (Wildman–Crippen MR) is 73.1 cm³/mol. The van der Waals surface area contributed by atoms with Gasteiger partial charge in [0.15, 0.2) is 0 Å². The first-order chi connectivity index (χ1) is 8.99. The second-order valence-corrected chi connectivity index (χ2v) is 5.63. The average molecular weight is 330 g/mol. The second kappa shape index (κ2) is 5.68. The topological polar surface area (TPSA) is 82.5 Å². The summed E-state index contributed by atoms with van der Waals surface area (Å²) in [6.07, 6.45) is 0.726. The molecule has 2 heterocycles. The van der Waals surface area contributed by atoms with Gasteiger partial charge in [0.1, 0.15) is 4.60 Å². The van der Waals surface area contributed by atoms with Crippen molar-refractivity contribution < 1.29 is 9.90 Å². The summed E-state index contributed by atoms with van der Waals surface area (Å²) in [4.78, 5) is 18.9. The van der Waals surface area contributed by atoms with Crippen LogP contribution in [-0.2, 0) is 0 Å². The van der Waals surface area contributed by atoms with Gasteiger partial charge in [-0.05, 0) is 21.8 Å². The highest BCUT2D eigenvalue weighted by molar-refractivity contribution is 9.10. The van der Waals surface area contributed by atoms with Crippen molar-refractivity contribution in [1.82, 2.24) is 20.1 Å². The molecule has 1 aromatic rings. The number of halogens is 1. The van der Waals surface area contributed by atoms with Gasteiger partial charge in [-0.15, -0.1) is 10.2 Å². The minimum Gasteiger partial charge on any atom is -0.465 e. The highest BCUT2D eigenvalue weighted by Gasteiger charge is 2.33. The van der Waals surface area contributed by atoms with Crippen molar-refractivity contribution in [1.29, 1.82) is 0 Å². The molecule has 1 atom stereocenters. The lowest BCUT2D eigenvalue weighted by Crippen LogP contribution is -2.57. The molecule has 1 aliphatic rings. The van der Waals surface area contributed by atoms with Crippen molar-refractivity contribution >= 4 is 28.0 Å². The van der Waals surface area contributed by atoms with Gasteiger partial charge in [0.25, 0.3) is 0 Å². The van der Waals surface area contributed by atoms with Crippen molar-refractivity contribution in [2.45, 2.75) is 19.9 Å². The molecule has 0 radical (unpaired) electrons. The molecular weight excluding hydrogens is 314 g/mol. The molecule has 1 unspecified atom stereocenters. The van der Waals surface area contributed by atoms with Gasteiger partial charge in [-0.2, -0.15) is 0 Å². The Bertz CT molecular complexity index is 453. The number of hydrogen-bond acceptors (Lipinski definition) is 5. The molecule has 0 aromatic carbocycles. The Kier molecular flexibility index (Phi) is 4.18. The van der Waals surface area contributed by atoms with Crippen LogP contribution in [0.25, 0.3) is 0 Å². The number of carboxylic acid groups (broad SMARTS) is 1. The van der Waals surface area contributed by atoms with Crippen LogP contribution < -0.4 is 4.90 Å². The summed E-state index contributed by atoms with van der Waals surface area (Å²) in [5, 5.41) is 17.1. The number of anilines is 1. The molecule has 1 aromatic heterocycles. The summed E-state index contributed by atoms with van der Waals surface area (Å²) in [6, 6.07) is -0.0569. The number of carbonyl (C=O) groups is 1. The third-order valence-corrected chi connectivity index (χ3v) is 3.60. The van der Waals surface area contributed by atoms with Gasteiger partial charge >= 0.3 is 6.09 Å². The molecule has 0 bridgehead atoms. The average Bonchev–Trinajstić information content (AvgIpc) is 2.38. The van der Waals surface area contributed by atoms with E-state index in [9.17, 15) is 9.90 Å². The fourth-order valence-electron chi connectivity index (χ4n) is 2.20. The first-order valence-electron chi connectivity index (χ1n) is 6.08. The first kappa shape index (κ1) is 14.0. The quantitative estimate of drug-likeness (QED) is 0.884. The SMILES string of the molecule is CC(C)C1CN(c2ncc(Br)nn2)CCN1C(=O)O. The summed E-state index contributed by atoms with van der Waals surface area (Å²) in [5.74, 6) is 0.779. The monoisotopic (exact) mass is 329 g/mol. The third kappa shape index (κ3) is 3.12. The molecule has 0 saturated carbocycles. The molecule has 7 nitrogen and oxygen atoms in total. The van der Waals surface area contributed by atoms with Gasteiger partial charge in [-0.1, -0.05) is 13.8 Å². The van der Waals surface area contributed by atoms with Crippen LogP contribution >= 0.6 is 15.9 Å². The van der Waals surface area contributed by atoms with Crippen LogP contribution in [0, 0.1) is 5.92 Å². The first-order valence-corrected chi connectivity index (χ1v) is 6.88. The summed E-state index contributed by atoms with van der Waals surface area (Å²) < 4.78 is 0.584. The van der Waals surface area contributed by atoms with Crippen LogP contribution in [0.3, 0.4) is 0 Å². The zero-order valence-electron chi connectivity index (χ0n) is 10.8. The lowest BCUT2D eigenvalue weighted by molar-refractivity contribution is 0.102. The Morgan fingerprint density at radius 1 is 1.47 bits per heavy atom. The van der Waals surface area contributed by atoms with Crippen LogP contribution in [0.4, 0.5) is 10.7 Å². The maximum atomic E-state index is 11.2. The van der Waals surface area contributed by atoms with Gasteiger partial charge < -0.3 is 14.9 Å². The summed E-state index contributed by atoms with van der Waals surface area (Å²) in [6.45, 7) is 5.67. The van der Waals surface area contributed by atoms with E-state index in [1.165, 1.54) is 4.90 Å². The summed E-state index contributed by atoms with van der Waals surface area (Å²) >= 11 is 3.19. The number of hydrogen-bond donors (Lipinski definition) is 1. The molecule has 1 N–H and O–H groups in total. The van der Waals surface area contributed by atoms with E-state index in [0.29, 0.717) is 30.2 Å². The fraction of sp³-hybridized carbons (Fsp3) is 0.636. The molecule has 2 rings (SSSR count). The standard InChI is InChI=1S/C11H16BrN5O2/c1-7(2)8-6-16(3-4-17(8)11(18)19)10-13-5-9(12)14-15-10/h5,7-8H,3-4,6H2,1-2H3,(H,18,19). The number of amides is 1. The minimum absolute atomic E-state index is 0.0569. The van der Waals surface area contributed by atoms with Crippen LogP contribution in [0.1, 0.15) is 13.8 Å². The lowest BCUT2D eigenvalue weighted by Gasteiger charge is -2.41. The lowest BCUT2D eigenvalue weighted by atomic mass is 10.0. The Labute approximate surface area is 119 Å². The van der Waals surface area contributed by atoms with E-state index < -0.39 is 6.09 Å². The van der Waals surface area contributed by atoms with E-state index in [2.05, 4.69) is 31.1 Å². The number of nitrogens with zero attached hydrogens (tertiary/aromatic N) is 5. The molecule has 1 aliphatic heterocycles. The van der Waals surface area contributed by atoms with Crippen molar-refractivity contribution in [3.05, 3.63) is 10.8 Å². The van der Waals surface area contributed by atoms with Crippen molar-refractivity contribution in [3.8, 4) is 0 Å². The Hall–Kier alpha value is -1.44. The largest absolute Gasteiger partial charge is 0.465 e. The smallest absolute Gasteiger partial charge is 0.407 e. The number of aromatic nitrogens is 3. The summed E-state index contributed by atoms with van der Waals surface area (Å²) in [7, 11) is 0. The fourth-order valence-corrected chi connectivity index (χ4v) is 2.38. The zero-order chi connectivity index (χ0) is 14.0. The van der Waals surface area contributed by atoms with E-state index in [-0.39, 0.29) is 12.0 Å². The van der Waals surface area contributed by atoms with E-state index in [0.717, 1.165) is 0 Å². The summed E-state index contributed by atoms with van der Waals surface area (Å²) in [5.41, 5.74) is 0. The van der Waals surface area contributed by atoms with Crippen LogP contribution in [0.5, 0.6) is 0 Å². The van der Waals surface area contributed by atoms with Gasteiger partial charge in [0.2, 0.25) is 5.95 Å². The number of piperazine rings is 1. The van der Waals surface area contributed by atoms with Gasteiger partial charge in [-0.25, -0.2) is 9.78 Å². The maximum Gasteiger partial charge on any atom is 0.407 e. The van der Waals surface area contributed by atoms with Crippen molar-refractivity contribution in [3.63, 3.8) is 0 Å². The molecule has 0 aliphatic carbocycles. The molecule has 1 saturated heterocycles. The molecule has 1 amide bonds. The Morgan fingerprint density at radius 2 is 2.21 bits per heavy atom. The predicted octanol–water partition coefficient (Wildman–Crippen LogP) is 1.46. The Morgan fingerprint density at radius 3 is 2.74 bits per heavy atom. The maximum absolute atomic E-state index is 11.2. The van der Waals surface area contributed by atoms with Gasteiger partial charge in [0, 0.05) is 19.6 Å². The molecule has 19 heavy (non-hydrogen) atoms. The van der Waals surface area contributed by atoms with Crippen molar-refractivity contribution in [2.75, 3.05) is 24.5 Å². The molecule has 104 valence electrons. The van der Waals surface area contributed by atoms with E-state index >= 15 is 0 Å². The van der Waals surface area contributed by atoms with Crippen molar-refractivity contribution in [2.24, 2.45) is 5.92 Å². The normalized spacial score (nSPS) is 19.9. The third-order valence-electron chi connectivity index (χ3n) is 3.24. The molecule has 1 fully saturated rings. The van der Waals surface area contributed by atoms with E-state index in [4.69, 9.17) is 0 Å². The van der Waals surface area contributed by atoms with Crippen LogP contribution in [0.15, 0.2) is 10.8 Å². The zero-order valence-corrected chi connectivity index (χ0v) is 12.4. The van der Waals surface area contributed by atoms with Crippen LogP contribution in [-0.4, -0.2) is 57.0 Å². The minimum atomic E-state index is -0.867. The Balaban J connectivity index is 2.14. The van der Waals surface area contributed by atoms with Gasteiger partial charge in [0.05, 0.1) is 12.2 Å². The van der Waals surface area contributed by atoms with E-state index in [1.807, 2.05) is 18.7 Å². The highest BCUT2D eigenvalue weighted by atomic mass is 79.9. The second-order valence-electron chi connectivity index (χ2n) is 4.81. The van der Waals surface area contributed by atoms with Crippen LogP contribution in [0.2, 0.25) is 0 Å². The molecule has 8 heteroatoms.